The number of nitrogens with zero attached hydrogens (tertiary/aromatic N) is 2. The monoisotopic (exact) mass is 210 g/mol. The lowest BCUT2D eigenvalue weighted by Crippen LogP contribution is -2.05. The second-order valence-corrected chi connectivity index (χ2v) is 4.11. The molecule has 0 bridgehead atoms. The SMILES string of the molecule is CCC[C@@H](CCO)CCCn1ccnc1. The van der Waals surface area contributed by atoms with Gasteiger partial charge in [-0.05, 0) is 25.2 Å². The zero-order valence-electron chi connectivity index (χ0n) is 9.60. The first kappa shape index (κ1) is 12.2. The van der Waals surface area contributed by atoms with E-state index in [0.29, 0.717) is 12.5 Å². The predicted octanol–water partition coefficient (Wildman–Crippen LogP) is 2.46. The van der Waals surface area contributed by atoms with Crippen LogP contribution in [0.3, 0.4) is 0 Å². The molecule has 1 heterocycles. The molecule has 0 aliphatic heterocycles. The highest BCUT2D eigenvalue weighted by molar-refractivity contribution is 4.74. The molecule has 0 unspecified atom stereocenters. The maximum atomic E-state index is 8.93. The van der Waals surface area contributed by atoms with Gasteiger partial charge in [-0.15, -0.1) is 0 Å². The van der Waals surface area contributed by atoms with Crippen LogP contribution in [0, 0.1) is 5.92 Å². The Bertz CT molecular complexity index is 228. The van der Waals surface area contributed by atoms with Crippen LogP contribution in [0.1, 0.15) is 39.0 Å². The minimum Gasteiger partial charge on any atom is -0.396 e. The third-order valence-corrected chi connectivity index (χ3v) is 2.82. The fourth-order valence-corrected chi connectivity index (χ4v) is 2.01. The maximum Gasteiger partial charge on any atom is 0.0945 e. The predicted molar refractivity (Wildman–Crippen MR) is 61.6 cm³/mol. The van der Waals surface area contributed by atoms with Gasteiger partial charge in [0.05, 0.1) is 6.33 Å². The second-order valence-electron chi connectivity index (χ2n) is 4.11. The van der Waals surface area contributed by atoms with Gasteiger partial charge >= 0.3 is 0 Å². The number of imidazole rings is 1. The molecule has 1 aromatic rings. The van der Waals surface area contributed by atoms with Gasteiger partial charge in [0.2, 0.25) is 0 Å². The van der Waals surface area contributed by atoms with E-state index in [2.05, 4.69) is 16.5 Å². The standard InChI is InChI=1S/C12H22N2O/c1-2-4-12(6-10-15)5-3-8-14-9-7-13-11-14/h7,9,11-12,15H,2-6,8,10H2,1H3/t12-/m1/s1. The Hall–Kier alpha value is -0.830. The van der Waals surface area contributed by atoms with Crippen molar-refractivity contribution in [2.75, 3.05) is 6.61 Å². The lowest BCUT2D eigenvalue weighted by Gasteiger charge is -2.14. The van der Waals surface area contributed by atoms with E-state index < -0.39 is 0 Å². The molecule has 0 aromatic carbocycles. The van der Waals surface area contributed by atoms with Crippen LogP contribution in [0.4, 0.5) is 0 Å². The summed E-state index contributed by atoms with van der Waals surface area (Å²) in [5.74, 6) is 0.698. The summed E-state index contributed by atoms with van der Waals surface area (Å²) in [6, 6.07) is 0. The molecule has 1 aromatic heterocycles. The average Bonchev–Trinajstić information content (AvgIpc) is 2.71. The van der Waals surface area contributed by atoms with Crippen molar-refractivity contribution in [1.29, 1.82) is 0 Å². The molecule has 0 saturated heterocycles. The van der Waals surface area contributed by atoms with Crippen LogP contribution in [0.25, 0.3) is 0 Å². The van der Waals surface area contributed by atoms with Crippen LogP contribution in [0.5, 0.6) is 0 Å². The summed E-state index contributed by atoms with van der Waals surface area (Å²) in [4.78, 5) is 4.02. The van der Waals surface area contributed by atoms with Crippen LogP contribution in [0.2, 0.25) is 0 Å². The van der Waals surface area contributed by atoms with Crippen molar-refractivity contribution in [3.05, 3.63) is 18.7 Å². The van der Waals surface area contributed by atoms with Gasteiger partial charge < -0.3 is 9.67 Å². The Morgan fingerprint density at radius 2 is 2.20 bits per heavy atom. The number of aromatic nitrogens is 2. The topological polar surface area (TPSA) is 38.0 Å². The highest BCUT2D eigenvalue weighted by atomic mass is 16.3. The van der Waals surface area contributed by atoms with Gasteiger partial charge in [-0.3, -0.25) is 0 Å². The molecule has 0 spiro atoms. The minimum atomic E-state index is 0.329. The number of aliphatic hydroxyl groups is 1. The van der Waals surface area contributed by atoms with Crippen LogP contribution in [0.15, 0.2) is 18.7 Å². The molecule has 1 rings (SSSR count). The van der Waals surface area contributed by atoms with Gasteiger partial charge in [0.1, 0.15) is 0 Å². The number of aryl methyl sites for hydroxylation is 1. The lowest BCUT2D eigenvalue weighted by atomic mass is 9.95. The van der Waals surface area contributed by atoms with E-state index in [-0.39, 0.29) is 0 Å². The average molecular weight is 210 g/mol. The van der Waals surface area contributed by atoms with Crippen molar-refractivity contribution in [3.63, 3.8) is 0 Å². The lowest BCUT2D eigenvalue weighted by molar-refractivity contribution is 0.243. The molecule has 1 atom stereocenters. The first-order valence-electron chi connectivity index (χ1n) is 5.93. The van der Waals surface area contributed by atoms with Crippen molar-refractivity contribution >= 4 is 0 Å². The Labute approximate surface area is 92.1 Å². The third-order valence-electron chi connectivity index (χ3n) is 2.82. The van der Waals surface area contributed by atoms with Gasteiger partial charge in [0.25, 0.3) is 0 Å². The molecule has 0 saturated carbocycles. The van der Waals surface area contributed by atoms with Crippen molar-refractivity contribution in [3.8, 4) is 0 Å². The molecule has 15 heavy (non-hydrogen) atoms. The molecule has 0 amide bonds. The van der Waals surface area contributed by atoms with E-state index in [1.54, 1.807) is 0 Å². The zero-order valence-corrected chi connectivity index (χ0v) is 9.60. The highest BCUT2D eigenvalue weighted by Gasteiger charge is 2.06. The van der Waals surface area contributed by atoms with Gasteiger partial charge in [0.15, 0.2) is 0 Å². The summed E-state index contributed by atoms with van der Waals surface area (Å²) in [5.41, 5.74) is 0. The summed E-state index contributed by atoms with van der Waals surface area (Å²) in [5, 5.41) is 8.93. The van der Waals surface area contributed by atoms with E-state index in [9.17, 15) is 0 Å². The van der Waals surface area contributed by atoms with Crippen LogP contribution in [-0.4, -0.2) is 21.3 Å². The summed E-state index contributed by atoms with van der Waals surface area (Å²) in [6.45, 7) is 3.58. The molecular formula is C12H22N2O. The Balaban J connectivity index is 2.15. The number of aliphatic hydroxyl groups excluding tert-OH is 1. The summed E-state index contributed by atoms with van der Waals surface area (Å²) >= 11 is 0. The Morgan fingerprint density at radius 3 is 2.80 bits per heavy atom. The van der Waals surface area contributed by atoms with Crippen molar-refractivity contribution < 1.29 is 5.11 Å². The quantitative estimate of drug-likeness (QED) is 0.715. The first-order chi connectivity index (χ1) is 7.36. The van der Waals surface area contributed by atoms with Crippen molar-refractivity contribution in [2.45, 2.75) is 45.6 Å². The molecule has 3 heteroatoms. The molecule has 0 aliphatic carbocycles. The molecule has 3 nitrogen and oxygen atoms in total. The highest BCUT2D eigenvalue weighted by Crippen LogP contribution is 2.17. The third kappa shape index (κ3) is 4.98. The molecular weight excluding hydrogens is 188 g/mol. The molecule has 0 fully saturated rings. The maximum absolute atomic E-state index is 8.93. The summed E-state index contributed by atoms with van der Waals surface area (Å²) in [7, 11) is 0. The van der Waals surface area contributed by atoms with Crippen molar-refractivity contribution in [2.24, 2.45) is 5.92 Å². The zero-order chi connectivity index (χ0) is 10.9. The van der Waals surface area contributed by atoms with Crippen LogP contribution >= 0.6 is 0 Å². The van der Waals surface area contributed by atoms with Crippen LogP contribution in [-0.2, 0) is 6.54 Å². The van der Waals surface area contributed by atoms with Gasteiger partial charge in [-0.25, -0.2) is 4.98 Å². The number of rotatable bonds is 8. The van der Waals surface area contributed by atoms with Crippen molar-refractivity contribution in [1.82, 2.24) is 9.55 Å². The summed E-state index contributed by atoms with van der Waals surface area (Å²) < 4.78 is 2.11. The Kier molecular flexibility index (Phi) is 6.09. The fourth-order valence-electron chi connectivity index (χ4n) is 2.01. The molecule has 86 valence electrons. The van der Waals surface area contributed by atoms with E-state index in [1.165, 1.54) is 25.7 Å². The smallest absolute Gasteiger partial charge is 0.0945 e. The van der Waals surface area contributed by atoms with E-state index in [0.717, 1.165) is 13.0 Å². The van der Waals surface area contributed by atoms with Gasteiger partial charge in [-0.1, -0.05) is 19.8 Å². The normalized spacial score (nSPS) is 12.9. The van der Waals surface area contributed by atoms with Gasteiger partial charge in [0, 0.05) is 25.5 Å². The number of hydrogen-bond acceptors (Lipinski definition) is 2. The van der Waals surface area contributed by atoms with E-state index in [1.807, 2.05) is 18.7 Å². The molecule has 1 N–H and O–H groups in total. The second kappa shape index (κ2) is 7.46. The Morgan fingerprint density at radius 1 is 1.33 bits per heavy atom. The number of hydrogen-bond donors (Lipinski definition) is 1. The first-order valence-corrected chi connectivity index (χ1v) is 5.93. The molecule has 0 aliphatic rings. The molecule has 0 radical (unpaired) electrons. The van der Waals surface area contributed by atoms with Crippen LogP contribution < -0.4 is 0 Å². The minimum absolute atomic E-state index is 0.329. The summed E-state index contributed by atoms with van der Waals surface area (Å²) in [6.07, 6.45) is 11.5. The van der Waals surface area contributed by atoms with E-state index >= 15 is 0 Å². The van der Waals surface area contributed by atoms with E-state index in [4.69, 9.17) is 5.11 Å². The van der Waals surface area contributed by atoms with Gasteiger partial charge in [-0.2, -0.15) is 0 Å². The fraction of sp³-hybridized carbons (Fsp3) is 0.750. The largest absolute Gasteiger partial charge is 0.396 e.